The lowest BCUT2D eigenvalue weighted by Gasteiger charge is -2.14. The molecule has 0 amide bonds. The number of thiophene rings is 1. The predicted octanol–water partition coefficient (Wildman–Crippen LogP) is 2.88. The molecule has 21 heavy (non-hydrogen) atoms. The van der Waals surface area contributed by atoms with Gasteiger partial charge in [0.25, 0.3) is 0 Å². The quantitative estimate of drug-likeness (QED) is 0.798. The van der Waals surface area contributed by atoms with Crippen molar-refractivity contribution in [3.05, 3.63) is 50.6 Å². The minimum atomic E-state index is -3.54. The lowest BCUT2D eigenvalue weighted by Crippen LogP contribution is -2.34. The van der Waals surface area contributed by atoms with E-state index >= 15 is 0 Å². The molecule has 1 aromatic heterocycles. The van der Waals surface area contributed by atoms with E-state index in [1.807, 2.05) is 37.3 Å². The largest absolute Gasteiger partial charge is 0.326 e. The van der Waals surface area contributed by atoms with Gasteiger partial charge in [0, 0.05) is 17.5 Å². The van der Waals surface area contributed by atoms with E-state index < -0.39 is 10.0 Å². The molecular formula is C14H17BrN2O2S2. The summed E-state index contributed by atoms with van der Waals surface area (Å²) in [6.45, 7) is 2.19. The Hall–Kier alpha value is -0.730. The van der Waals surface area contributed by atoms with Gasteiger partial charge in [-0.1, -0.05) is 30.3 Å². The second-order valence-corrected chi connectivity index (χ2v) is 8.90. The van der Waals surface area contributed by atoms with Crippen molar-refractivity contribution < 1.29 is 8.42 Å². The van der Waals surface area contributed by atoms with Gasteiger partial charge in [0.05, 0.1) is 3.79 Å². The molecule has 0 saturated heterocycles. The number of sulfonamides is 1. The highest BCUT2D eigenvalue weighted by Gasteiger charge is 2.22. The van der Waals surface area contributed by atoms with E-state index in [2.05, 4.69) is 20.7 Å². The summed E-state index contributed by atoms with van der Waals surface area (Å²) in [6.07, 6.45) is 0.644. The second-order valence-electron chi connectivity index (χ2n) is 4.77. The zero-order chi connectivity index (χ0) is 15.5. The molecule has 0 spiro atoms. The Balaban J connectivity index is 2.11. The summed E-state index contributed by atoms with van der Waals surface area (Å²) in [7, 11) is -3.54. The number of halogens is 1. The van der Waals surface area contributed by atoms with Gasteiger partial charge in [0.15, 0.2) is 0 Å². The van der Waals surface area contributed by atoms with Gasteiger partial charge in [0.1, 0.15) is 4.90 Å². The minimum absolute atomic E-state index is 0.189. The Morgan fingerprint density at radius 2 is 2.00 bits per heavy atom. The maximum absolute atomic E-state index is 12.4. The molecule has 0 fully saturated rings. The van der Waals surface area contributed by atoms with Crippen molar-refractivity contribution in [1.82, 2.24) is 4.72 Å². The van der Waals surface area contributed by atoms with Crippen LogP contribution in [-0.4, -0.2) is 14.5 Å². The molecule has 3 N–H and O–H groups in total. The summed E-state index contributed by atoms with van der Waals surface area (Å²) in [6, 6.07) is 11.2. The molecule has 0 aliphatic rings. The standard InChI is InChI=1S/C14H17BrN2O2S2/c1-10(7-11-5-3-2-4-6-11)17-21(18,19)13-8-12(9-16)20-14(13)15/h2-6,8,10,17H,7,9,16H2,1H3. The Bertz CT molecular complexity index is 699. The van der Waals surface area contributed by atoms with Crippen LogP contribution in [0.4, 0.5) is 0 Å². The molecule has 1 atom stereocenters. The SMILES string of the molecule is CC(Cc1ccccc1)NS(=O)(=O)c1cc(CN)sc1Br. The van der Waals surface area contributed by atoms with Crippen LogP contribution in [0.5, 0.6) is 0 Å². The Morgan fingerprint density at radius 3 is 2.57 bits per heavy atom. The van der Waals surface area contributed by atoms with Crippen LogP contribution < -0.4 is 10.5 Å². The van der Waals surface area contributed by atoms with Gasteiger partial charge >= 0.3 is 0 Å². The van der Waals surface area contributed by atoms with E-state index in [1.54, 1.807) is 6.07 Å². The molecule has 0 aliphatic carbocycles. The molecule has 0 saturated carbocycles. The molecule has 0 aliphatic heterocycles. The van der Waals surface area contributed by atoms with Crippen LogP contribution in [0.15, 0.2) is 45.1 Å². The fraction of sp³-hybridized carbons (Fsp3) is 0.286. The van der Waals surface area contributed by atoms with Crippen LogP contribution in [0.3, 0.4) is 0 Å². The van der Waals surface area contributed by atoms with Crippen molar-refractivity contribution in [2.45, 2.75) is 30.8 Å². The first-order valence-corrected chi connectivity index (χ1v) is 9.56. The monoisotopic (exact) mass is 388 g/mol. The van der Waals surface area contributed by atoms with E-state index in [4.69, 9.17) is 5.73 Å². The topological polar surface area (TPSA) is 72.2 Å². The Morgan fingerprint density at radius 1 is 1.33 bits per heavy atom. The van der Waals surface area contributed by atoms with E-state index in [9.17, 15) is 8.42 Å². The van der Waals surface area contributed by atoms with Crippen molar-refractivity contribution in [3.63, 3.8) is 0 Å². The van der Waals surface area contributed by atoms with E-state index in [-0.39, 0.29) is 10.9 Å². The van der Waals surface area contributed by atoms with E-state index in [0.717, 1.165) is 10.4 Å². The molecule has 2 aromatic rings. The smallest absolute Gasteiger partial charge is 0.242 e. The van der Waals surface area contributed by atoms with Crippen LogP contribution >= 0.6 is 27.3 Å². The number of hydrogen-bond acceptors (Lipinski definition) is 4. The van der Waals surface area contributed by atoms with Gasteiger partial charge in [-0.2, -0.15) is 0 Å². The fourth-order valence-corrected chi connectivity index (χ4v) is 5.82. The van der Waals surface area contributed by atoms with Crippen molar-refractivity contribution in [2.75, 3.05) is 0 Å². The first-order chi connectivity index (χ1) is 9.92. The van der Waals surface area contributed by atoms with Gasteiger partial charge in [-0.3, -0.25) is 0 Å². The summed E-state index contributed by atoms with van der Waals surface area (Å²) in [4.78, 5) is 1.09. The molecule has 4 nitrogen and oxygen atoms in total. The molecule has 0 bridgehead atoms. The fourth-order valence-electron chi connectivity index (χ4n) is 2.02. The normalized spacial score (nSPS) is 13.3. The molecule has 1 heterocycles. The van der Waals surface area contributed by atoms with Gasteiger partial charge in [0.2, 0.25) is 10.0 Å². The number of hydrogen-bond donors (Lipinski definition) is 2. The van der Waals surface area contributed by atoms with Crippen LogP contribution in [0.1, 0.15) is 17.4 Å². The average Bonchev–Trinajstić information content (AvgIpc) is 2.81. The number of benzene rings is 1. The predicted molar refractivity (Wildman–Crippen MR) is 89.8 cm³/mol. The summed E-state index contributed by atoms with van der Waals surface area (Å²) in [5.41, 5.74) is 6.65. The van der Waals surface area contributed by atoms with Crippen LogP contribution in [0.25, 0.3) is 0 Å². The van der Waals surface area contributed by atoms with Crippen LogP contribution in [0.2, 0.25) is 0 Å². The summed E-state index contributed by atoms with van der Waals surface area (Å²) >= 11 is 4.64. The minimum Gasteiger partial charge on any atom is -0.326 e. The Labute approximate surface area is 137 Å². The molecule has 114 valence electrons. The zero-order valence-electron chi connectivity index (χ0n) is 11.5. The zero-order valence-corrected chi connectivity index (χ0v) is 14.8. The van der Waals surface area contributed by atoms with Crippen molar-refractivity contribution in [3.8, 4) is 0 Å². The molecule has 7 heteroatoms. The second kappa shape index (κ2) is 7.02. The maximum Gasteiger partial charge on any atom is 0.242 e. The third kappa shape index (κ3) is 4.37. The highest BCUT2D eigenvalue weighted by Crippen LogP contribution is 2.31. The molecule has 1 unspecified atom stereocenters. The lowest BCUT2D eigenvalue weighted by atomic mass is 10.1. The van der Waals surface area contributed by atoms with Gasteiger partial charge in [-0.25, -0.2) is 13.1 Å². The summed E-state index contributed by atoms with van der Waals surface area (Å²) in [5.74, 6) is 0. The number of nitrogens with two attached hydrogens (primary N) is 1. The molecule has 1 aromatic carbocycles. The van der Waals surface area contributed by atoms with E-state index in [1.165, 1.54) is 11.3 Å². The van der Waals surface area contributed by atoms with Crippen molar-refractivity contribution in [1.29, 1.82) is 0 Å². The third-order valence-electron chi connectivity index (χ3n) is 2.94. The lowest BCUT2D eigenvalue weighted by molar-refractivity contribution is 0.559. The average molecular weight is 389 g/mol. The third-order valence-corrected chi connectivity index (χ3v) is 6.80. The van der Waals surface area contributed by atoms with Crippen molar-refractivity contribution in [2.24, 2.45) is 5.73 Å². The molecule has 2 rings (SSSR count). The van der Waals surface area contributed by atoms with E-state index in [0.29, 0.717) is 16.8 Å². The summed E-state index contributed by atoms with van der Waals surface area (Å²) < 4.78 is 28.1. The maximum atomic E-state index is 12.4. The summed E-state index contributed by atoms with van der Waals surface area (Å²) in [5, 5.41) is 0. The van der Waals surface area contributed by atoms with Crippen LogP contribution in [0, 0.1) is 0 Å². The van der Waals surface area contributed by atoms with Gasteiger partial charge in [-0.15, -0.1) is 11.3 Å². The van der Waals surface area contributed by atoms with Gasteiger partial charge in [-0.05, 0) is 40.9 Å². The van der Waals surface area contributed by atoms with Gasteiger partial charge < -0.3 is 5.73 Å². The Kier molecular flexibility index (Phi) is 5.56. The molecule has 0 radical (unpaired) electrons. The first kappa shape index (κ1) is 16.6. The van der Waals surface area contributed by atoms with Crippen molar-refractivity contribution >= 4 is 37.3 Å². The highest BCUT2D eigenvalue weighted by molar-refractivity contribution is 9.11. The first-order valence-electron chi connectivity index (χ1n) is 6.47. The highest BCUT2D eigenvalue weighted by atomic mass is 79.9. The number of nitrogens with one attached hydrogen (secondary N) is 1. The van der Waals surface area contributed by atoms with Crippen LogP contribution in [-0.2, 0) is 23.0 Å². The molecular weight excluding hydrogens is 372 g/mol. The number of rotatable bonds is 6.